The molecular weight excluding hydrogens is 211 g/mol. The maximum atomic E-state index is 13.4. The maximum Gasteiger partial charge on any atom is 0.411 e. The number of anilines is 1. The number of hydrogen-bond acceptors (Lipinski definition) is 3. The third-order valence-electron chi connectivity index (χ3n) is 1.85. The molecule has 0 aliphatic carbocycles. The fraction of sp³-hybridized carbons (Fsp3) is 0.364. The van der Waals surface area contributed by atoms with Gasteiger partial charge in [-0.15, -0.1) is 0 Å². The van der Waals surface area contributed by atoms with Crippen LogP contribution in [0.25, 0.3) is 0 Å². The van der Waals surface area contributed by atoms with E-state index in [1.165, 1.54) is 12.1 Å². The van der Waals surface area contributed by atoms with E-state index in [2.05, 4.69) is 5.32 Å². The molecule has 1 aromatic carbocycles. The standard InChI is InChI=1S/C11H15FN2O2/c1-7(2)16-11(15)14-10-4-3-8(6-13)5-9(10)12/h3-5,7H,6,13H2,1-2H3,(H,14,15). The van der Waals surface area contributed by atoms with Crippen molar-refractivity contribution in [1.29, 1.82) is 0 Å². The lowest BCUT2D eigenvalue weighted by Crippen LogP contribution is -2.18. The van der Waals surface area contributed by atoms with Crippen molar-refractivity contribution >= 4 is 11.8 Å². The van der Waals surface area contributed by atoms with Gasteiger partial charge >= 0.3 is 6.09 Å². The van der Waals surface area contributed by atoms with E-state index in [1.54, 1.807) is 19.9 Å². The highest BCUT2D eigenvalue weighted by atomic mass is 19.1. The lowest BCUT2D eigenvalue weighted by atomic mass is 10.2. The summed E-state index contributed by atoms with van der Waals surface area (Å²) in [6.45, 7) is 3.69. The Balaban J connectivity index is 2.70. The summed E-state index contributed by atoms with van der Waals surface area (Å²) in [6.07, 6.45) is -0.916. The van der Waals surface area contributed by atoms with Crippen molar-refractivity contribution in [2.24, 2.45) is 5.73 Å². The average molecular weight is 226 g/mol. The quantitative estimate of drug-likeness (QED) is 0.830. The van der Waals surface area contributed by atoms with Gasteiger partial charge in [-0.1, -0.05) is 6.07 Å². The predicted octanol–water partition coefficient (Wildman–Crippen LogP) is 2.24. The van der Waals surface area contributed by atoms with Gasteiger partial charge in [0.05, 0.1) is 11.8 Å². The zero-order valence-electron chi connectivity index (χ0n) is 9.29. The first-order valence-electron chi connectivity index (χ1n) is 4.99. The minimum absolute atomic E-state index is 0.0860. The summed E-state index contributed by atoms with van der Waals surface area (Å²) in [5.41, 5.74) is 6.11. The minimum atomic E-state index is -0.672. The SMILES string of the molecule is CC(C)OC(=O)Nc1ccc(CN)cc1F. The molecule has 0 fully saturated rings. The molecule has 0 saturated carbocycles. The van der Waals surface area contributed by atoms with E-state index >= 15 is 0 Å². The Morgan fingerprint density at radius 3 is 2.75 bits per heavy atom. The van der Waals surface area contributed by atoms with E-state index < -0.39 is 11.9 Å². The van der Waals surface area contributed by atoms with Crippen molar-refractivity contribution in [1.82, 2.24) is 0 Å². The molecule has 5 heteroatoms. The monoisotopic (exact) mass is 226 g/mol. The van der Waals surface area contributed by atoms with Gasteiger partial charge in [0.1, 0.15) is 5.82 Å². The van der Waals surface area contributed by atoms with Crippen molar-refractivity contribution < 1.29 is 13.9 Å². The second-order valence-corrected chi connectivity index (χ2v) is 3.60. The van der Waals surface area contributed by atoms with Gasteiger partial charge in [0.25, 0.3) is 0 Å². The number of benzene rings is 1. The van der Waals surface area contributed by atoms with Gasteiger partial charge in [-0.25, -0.2) is 9.18 Å². The number of hydrogen-bond donors (Lipinski definition) is 2. The number of ether oxygens (including phenoxy) is 1. The molecule has 0 aromatic heterocycles. The van der Waals surface area contributed by atoms with Crippen molar-refractivity contribution in [2.75, 3.05) is 5.32 Å². The second kappa shape index (κ2) is 5.46. The van der Waals surface area contributed by atoms with Gasteiger partial charge < -0.3 is 10.5 Å². The molecule has 0 atom stereocenters. The van der Waals surface area contributed by atoms with Gasteiger partial charge in [0, 0.05) is 6.54 Å². The van der Waals surface area contributed by atoms with Crippen LogP contribution < -0.4 is 11.1 Å². The summed E-state index contributed by atoms with van der Waals surface area (Å²) < 4.78 is 18.2. The molecule has 0 radical (unpaired) electrons. The molecule has 0 aliphatic heterocycles. The average Bonchev–Trinajstić information content (AvgIpc) is 2.19. The zero-order chi connectivity index (χ0) is 12.1. The molecule has 88 valence electrons. The van der Waals surface area contributed by atoms with Gasteiger partial charge in [-0.3, -0.25) is 5.32 Å². The number of carbonyl (C=O) groups is 1. The van der Waals surface area contributed by atoms with E-state index in [4.69, 9.17) is 10.5 Å². The molecule has 0 aliphatic rings. The Hall–Kier alpha value is -1.62. The molecule has 3 N–H and O–H groups in total. The second-order valence-electron chi connectivity index (χ2n) is 3.60. The summed E-state index contributed by atoms with van der Waals surface area (Å²) >= 11 is 0. The molecule has 0 bridgehead atoms. The molecule has 1 rings (SSSR count). The largest absolute Gasteiger partial charge is 0.447 e. The van der Waals surface area contributed by atoms with Crippen LogP contribution in [-0.4, -0.2) is 12.2 Å². The Labute approximate surface area is 93.6 Å². The van der Waals surface area contributed by atoms with Crippen LogP contribution in [0.4, 0.5) is 14.9 Å². The molecule has 0 saturated heterocycles. The summed E-state index contributed by atoms with van der Waals surface area (Å²) in [6, 6.07) is 4.39. The normalized spacial score (nSPS) is 10.3. The molecule has 0 spiro atoms. The third kappa shape index (κ3) is 3.51. The number of rotatable bonds is 3. The van der Waals surface area contributed by atoms with E-state index in [9.17, 15) is 9.18 Å². The van der Waals surface area contributed by atoms with Gasteiger partial charge in [-0.05, 0) is 31.5 Å². The van der Waals surface area contributed by atoms with Crippen molar-refractivity contribution in [3.8, 4) is 0 Å². The number of halogens is 1. The van der Waals surface area contributed by atoms with Crippen LogP contribution in [0.3, 0.4) is 0 Å². The van der Waals surface area contributed by atoms with E-state index in [0.717, 1.165) is 0 Å². The van der Waals surface area contributed by atoms with E-state index in [1.807, 2.05) is 0 Å². The molecule has 16 heavy (non-hydrogen) atoms. The molecular formula is C11H15FN2O2. The molecule has 0 unspecified atom stereocenters. The summed E-state index contributed by atoms with van der Waals surface area (Å²) in [7, 11) is 0. The molecule has 1 aromatic rings. The number of nitrogens with two attached hydrogens (primary N) is 1. The Kier molecular flexibility index (Phi) is 4.25. The fourth-order valence-electron chi connectivity index (χ4n) is 1.14. The zero-order valence-corrected chi connectivity index (χ0v) is 9.29. The molecule has 0 heterocycles. The van der Waals surface area contributed by atoms with Crippen LogP contribution in [0.15, 0.2) is 18.2 Å². The number of nitrogens with one attached hydrogen (secondary N) is 1. The highest BCUT2D eigenvalue weighted by Gasteiger charge is 2.09. The van der Waals surface area contributed by atoms with Crippen molar-refractivity contribution in [2.45, 2.75) is 26.5 Å². The maximum absolute atomic E-state index is 13.4. The summed E-state index contributed by atoms with van der Waals surface area (Å²) in [5.74, 6) is -0.524. The minimum Gasteiger partial charge on any atom is -0.447 e. The molecule has 1 amide bonds. The first-order valence-corrected chi connectivity index (χ1v) is 4.99. The van der Waals surface area contributed by atoms with Crippen LogP contribution in [0.2, 0.25) is 0 Å². The predicted molar refractivity (Wildman–Crippen MR) is 59.5 cm³/mol. The van der Waals surface area contributed by atoms with Crippen LogP contribution in [0.5, 0.6) is 0 Å². The topological polar surface area (TPSA) is 64.3 Å². The van der Waals surface area contributed by atoms with E-state index in [-0.39, 0.29) is 18.3 Å². The first kappa shape index (κ1) is 12.4. The third-order valence-corrected chi connectivity index (χ3v) is 1.85. The fourth-order valence-corrected chi connectivity index (χ4v) is 1.14. The van der Waals surface area contributed by atoms with E-state index in [0.29, 0.717) is 5.56 Å². The summed E-state index contributed by atoms with van der Waals surface area (Å²) in [4.78, 5) is 11.2. The lowest BCUT2D eigenvalue weighted by Gasteiger charge is -2.10. The van der Waals surface area contributed by atoms with Crippen molar-refractivity contribution in [3.63, 3.8) is 0 Å². The van der Waals surface area contributed by atoms with Crippen LogP contribution in [-0.2, 0) is 11.3 Å². The van der Waals surface area contributed by atoms with Crippen LogP contribution in [0, 0.1) is 5.82 Å². The van der Waals surface area contributed by atoms with Gasteiger partial charge in [-0.2, -0.15) is 0 Å². The van der Waals surface area contributed by atoms with Gasteiger partial charge in [0.15, 0.2) is 0 Å². The van der Waals surface area contributed by atoms with Crippen LogP contribution in [0.1, 0.15) is 19.4 Å². The molecule has 4 nitrogen and oxygen atoms in total. The summed E-state index contributed by atoms with van der Waals surface area (Å²) in [5, 5.41) is 2.32. The highest BCUT2D eigenvalue weighted by molar-refractivity contribution is 5.84. The first-order chi connectivity index (χ1) is 7.52. The highest BCUT2D eigenvalue weighted by Crippen LogP contribution is 2.15. The smallest absolute Gasteiger partial charge is 0.411 e. The van der Waals surface area contributed by atoms with Gasteiger partial charge in [0.2, 0.25) is 0 Å². The number of amides is 1. The van der Waals surface area contributed by atoms with Crippen molar-refractivity contribution in [3.05, 3.63) is 29.6 Å². The Morgan fingerprint density at radius 2 is 2.25 bits per heavy atom. The van der Waals surface area contributed by atoms with Crippen LogP contribution >= 0.6 is 0 Å². The Morgan fingerprint density at radius 1 is 1.56 bits per heavy atom. The lowest BCUT2D eigenvalue weighted by molar-refractivity contribution is 0.130. The Bertz CT molecular complexity index is 380. The number of carbonyl (C=O) groups excluding carboxylic acids is 1.